The van der Waals surface area contributed by atoms with Gasteiger partial charge >= 0.3 is 0 Å². The smallest absolute Gasteiger partial charge is 0.215 e. The zero-order valence-electron chi connectivity index (χ0n) is 14.3. The monoisotopic (exact) mass is 362 g/mol. The molecule has 1 atom stereocenters. The molecule has 9 heteroatoms. The lowest BCUT2D eigenvalue weighted by Crippen LogP contribution is -2.34. The second kappa shape index (κ2) is 6.67. The van der Waals surface area contributed by atoms with Gasteiger partial charge in [-0.15, -0.1) is 0 Å². The van der Waals surface area contributed by atoms with Crippen LogP contribution < -0.4 is 14.2 Å². The van der Waals surface area contributed by atoms with Gasteiger partial charge in [0.15, 0.2) is 17.0 Å². The maximum absolute atomic E-state index is 12.7. The number of ether oxygens (including phenoxy) is 2. The number of aromatic nitrogens is 4. The van der Waals surface area contributed by atoms with Gasteiger partial charge in [0.25, 0.3) is 0 Å². The molecule has 0 fully saturated rings. The molecule has 0 radical (unpaired) electrons. The Balaban J connectivity index is 1.95. The van der Waals surface area contributed by atoms with Crippen LogP contribution in [0.15, 0.2) is 23.5 Å². The summed E-state index contributed by atoms with van der Waals surface area (Å²) in [6.45, 7) is 3.57. The molecular formula is C16H18N4O4S. The van der Waals surface area contributed by atoms with Crippen molar-refractivity contribution >= 4 is 22.0 Å². The van der Waals surface area contributed by atoms with Crippen molar-refractivity contribution in [3.05, 3.63) is 40.4 Å². The standard InChI is InChI=1S/C16H18N4O4S/c1-9-7-20(21)12(10(2)14(9)24-4)8-25(22)16-17-11-5-6-13(23-3)18-15(11)19-16/h5-7H,8H2,1-4H3,(H,17,18,19). The maximum Gasteiger partial charge on any atom is 0.215 e. The van der Waals surface area contributed by atoms with Crippen molar-refractivity contribution in [3.63, 3.8) is 0 Å². The Kier molecular flexibility index (Phi) is 4.58. The quantitative estimate of drug-likeness (QED) is 0.545. The minimum Gasteiger partial charge on any atom is -0.618 e. The van der Waals surface area contributed by atoms with Gasteiger partial charge in [0.05, 0.1) is 41.7 Å². The second-order valence-electron chi connectivity index (χ2n) is 5.50. The molecule has 1 unspecified atom stereocenters. The maximum atomic E-state index is 12.7. The molecule has 3 aromatic heterocycles. The Labute approximate surface area is 146 Å². The molecule has 0 saturated heterocycles. The third-order valence-electron chi connectivity index (χ3n) is 3.90. The Morgan fingerprint density at radius 2 is 2.00 bits per heavy atom. The van der Waals surface area contributed by atoms with Gasteiger partial charge in [0, 0.05) is 6.07 Å². The van der Waals surface area contributed by atoms with Crippen molar-refractivity contribution in [3.8, 4) is 11.6 Å². The van der Waals surface area contributed by atoms with Crippen LogP contribution >= 0.6 is 0 Å². The van der Waals surface area contributed by atoms with E-state index in [0.717, 1.165) is 10.3 Å². The Morgan fingerprint density at radius 3 is 2.68 bits per heavy atom. The number of nitrogens with zero attached hydrogens (tertiary/aromatic N) is 3. The van der Waals surface area contributed by atoms with Crippen molar-refractivity contribution in [2.75, 3.05) is 14.2 Å². The second-order valence-corrected chi connectivity index (χ2v) is 6.87. The van der Waals surface area contributed by atoms with Gasteiger partial charge in [0.1, 0.15) is 11.5 Å². The molecule has 25 heavy (non-hydrogen) atoms. The van der Waals surface area contributed by atoms with E-state index in [9.17, 15) is 9.42 Å². The largest absolute Gasteiger partial charge is 0.618 e. The molecule has 3 aromatic rings. The lowest BCUT2D eigenvalue weighted by molar-refractivity contribution is -0.613. The summed E-state index contributed by atoms with van der Waals surface area (Å²) in [5.41, 5.74) is 2.84. The molecule has 0 saturated carbocycles. The zero-order valence-corrected chi connectivity index (χ0v) is 15.1. The summed E-state index contributed by atoms with van der Waals surface area (Å²) in [6, 6.07) is 3.44. The van der Waals surface area contributed by atoms with Gasteiger partial charge in [-0.05, 0) is 19.9 Å². The molecule has 132 valence electrons. The van der Waals surface area contributed by atoms with Crippen LogP contribution in [-0.2, 0) is 16.6 Å². The summed E-state index contributed by atoms with van der Waals surface area (Å²) >= 11 is 0. The lowest BCUT2D eigenvalue weighted by Gasteiger charge is -2.12. The highest BCUT2D eigenvalue weighted by Gasteiger charge is 2.22. The number of H-pyrrole nitrogens is 1. The van der Waals surface area contributed by atoms with E-state index in [4.69, 9.17) is 9.47 Å². The first-order chi connectivity index (χ1) is 11.9. The highest BCUT2D eigenvalue weighted by Crippen LogP contribution is 2.25. The van der Waals surface area contributed by atoms with Crippen LogP contribution in [0.2, 0.25) is 0 Å². The SMILES string of the molecule is COc1ccc2[nH]c(S(=O)Cc3c(C)c(OC)c(C)c[n+]3[O-])nc2n1. The fourth-order valence-corrected chi connectivity index (χ4v) is 3.80. The molecule has 3 rings (SSSR count). The third-order valence-corrected chi connectivity index (χ3v) is 5.06. The first-order valence-corrected chi connectivity index (χ1v) is 8.81. The van der Waals surface area contributed by atoms with Crippen LogP contribution in [0.1, 0.15) is 16.8 Å². The van der Waals surface area contributed by atoms with Crippen LogP contribution in [0.5, 0.6) is 11.6 Å². The number of methoxy groups -OCH3 is 2. The summed E-state index contributed by atoms with van der Waals surface area (Å²) in [6.07, 6.45) is 1.42. The predicted octanol–water partition coefficient (Wildman–Crippen LogP) is 1.53. The predicted molar refractivity (Wildman–Crippen MR) is 92.0 cm³/mol. The van der Waals surface area contributed by atoms with E-state index in [1.807, 2.05) is 0 Å². The van der Waals surface area contributed by atoms with Crippen LogP contribution in [0, 0.1) is 19.1 Å². The average molecular weight is 362 g/mol. The fraction of sp³-hybridized carbons (Fsp3) is 0.312. The van der Waals surface area contributed by atoms with Crippen LogP contribution in [-0.4, -0.2) is 33.4 Å². The van der Waals surface area contributed by atoms with Gasteiger partial charge < -0.3 is 19.7 Å². The summed E-state index contributed by atoms with van der Waals surface area (Å²) < 4.78 is 23.8. The molecule has 0 spiro atoms. The van der Waals surface area contributed by atoms with E-state index < -0.39 is 10.8 Å². The summed E-state index contributed by atoms with van der Waals surface area (Å²) in [5.74, 6) is 1.06. The number of pyridine rings is 2. The molecule has 0 aromatic carbocycles. The van der Waals surface area contributed by atoms with E-state index in [0.29, 0.717) is 34.1 Å². The molecule has 3 heterocycles. The zero-order chi connectivity index (χ0) is 18.1. The fourth-order valence-electron chi connectivity index (χ4n) is 2.66. The number of rotatable bonds is 5. The Bertz CT molecular complexity index is 970. The average Bonchev–Trinajstić information content (AvgIpc) is 3.01. The van der Waals surface area contributed by atoms with Crippen molar-refractivity contribution in [1.29, 1.82) is 0 Å². The third kappa shape index (κ3) is 3.14. The number of aromatic amines is 1. The van der Waals surface area contributed by atoms with Crippen LogP contribution in [0.4, 0.5) is 0 Å². The molecular weight excluding hydrogens is 344 g/mol. The highest BCUT2D eigenvalue weighted by molar-refractivity contribution is 7.84. The lowest BCUT2D eigenvalue weighted by atomic mass is 10.1. The number of fused-ring (bicyclic) bond motifs is 1. The van der Waals surface area contributed by atoms with Gasteiger partial charge in [-0.3, -0.25) is 4.21 Å². The molecule has 0 aliphatic carbocycles. The van der Waals surface area contributed by atoms with Gasteiger partial charge in [-0.25, -0.2) is 4.98 Å². The normalized spacial score (nSPS) is 12.3. The number of aryl methyl sites for hydroxylation is 1. The summed E-state index contributed by atoms with van der Waals surface area (Å²) in [4.78, 5) is 11.4. The Hall–Kier alpha value is -2.68. The first kappa shape index (κ1) is 17.2. The number of hydrogen-bond donors (Lipinski definition) is 1. The topological polar surface area (TPSA) is 104 Å². The van der Waals surface area contributed by atoms with E-state index in [1.165, 1.54) is 13.3 Å². The van der Waals surface area contributed by atoms with Crippen molar-refractivity contribution in [2.45, 2.75) is 24.8 Å². The van der Waals surface area contributed by atoms with Gasteiger partial charge in [-0.2, -0.15) is 9.71 Å². The van der Waals surface area contributed by atoms with Crippen molar-refractivity contribution in [1.82, 2.24) is 15.0 Å². The molecule has 8 nitrogen and oxygen atoms in total. The van der Waals surface area contributed by atoms with E-state index in [2.05, 4.69) is 15.0 Å². The number of nitrogens with one attached hydrogen (secondary N) is 1. The van der Waals surface area contributed by atoms with E-state index in [-0.39, 0.29) is 10.9 Å². The van der Waals surface area contributed by atoms with Crippen molar-refractivity contribution in [2.24, 2.45) is 0 Å². The molecule has 1 N–H and O–H groups in total. The molecule has 0 aliphatic heterocycles. The number of hydrogen-bond acceptors (Lipinski definition) is 6. The molecule has 0 aliphatic rings. The minimum absolute atomic E-state index is 0.0168. The minimum atomic E-state index is -1.54. The van der Waals surface area contributed by atoms with E-state index in [1.54, 1.807) is 33.1 Å². The number of imidazole rings is 1. The van der Waals surface area contributed by atoms with E-state index >= 15 is 0 Å². The van der Waals surface area contributed by atoms with Crippen LogP contribution in [0.25, 0.3) is 11.2 Å². The molecule has 0 bridgehead atoms. The summed E-state index contributed by atoms with van der Waals surface area (Å²) in [5, 5.41) is 12.5. The van der Waals surface area contributed by atoms with Crippen molar-refractivity contribution < 1.29 is 18.4 Å². The Morgan fingerprint density at radius 1 is 1.24 bits per heavy atom. The van der Waals surface area contributed by atoms with Crippen LogP contribution in [0.3, 0.4) is 0 Å². The van der Waals surface area contributed by atoms with Gasteiger partial charge in [0.2, 0.25) is 11.6 Å². The summed E-state index contributed by atoms with van der Waals surface area (Å²) in [7, 11) is 1.52. The molecule has 0 amide bonds. The first-order valence-electron chi connectivity index (χ1n) is 7.50. The van der Waals surface area contributed by atoms with Gasteiger partial charge in [-0.1, -0.05) is 0 Å². The highest BCUT2D eigenvalue weighted by atomic mass is 32.2.